The predicted octanol–water partition coefficient (Wildman–Crippen LogP) is 1.17. The highest BCUT2D eigenvalue weighted by molar-refractivity contribution is 5.96. The smallest absolute Gasteiger partial charge is 0.322 e. The van der Waals surface area contributed by atoms with Crippen LogP contribution in [-0.2, 0) is 7.05 Å². The lowest BCUT2D eigenvalue weighted by molar-refractivity contribution is -0.385. The van der Waals surface area contributed by atoms with E-state index in [1.165, 1.54) is 18.7 Å². The Bertz CT molecular complexity index is 439. The maximum atomic E-state index is 11.8. The van der Waals surface area contributed by atoms with Gasteiger partial charge in [-0.15, -0.1) is 0 Å². The van der Waals surface area contributed by atoms with Crippen LogP contribution in [0.4, 0.5) is 5.69 Å². The molecule has 0 aliphatic rings. The van der Waals surface area contributed by atoms with Crippen molar-refractivity contribution in [1.82, 2.24) is 15.1 Å². The average Bonchev–Trinajstić information content (AvgIpc) is 2.53. The van der Waals surface area contributed by atoms with Gasteiger partial charge in [0.25, 0.3) is 5.91 Å². The molecule has 94 valence electrons. The number of aryl methyl sites for hydroxylation is 2. The minimum absolute atomic E-state index is 0.00334. The molecule has 1 rings (SSSR count). The van der Waals surface area contributed by atoms with Crippen molar-refractivity contribution in [1.29, 1.82) is 0 Å². The Labute approximate surface area is 99.0 Å². The molecule has 0 aliphatic carbocycles. The Morgan fingerprint density at radius 2 is 2.24 bits per heavy atom. The van der Waals surface area contributed by atoms with E-state index >= 15 is 0 Å². The molecule has 0 saturated carbocycles. The molecule has 0 unspecified atom stereocenters. The highest BCUT2D eigenvalue weighted by Gasteiger charge is 2.28. The van der Waals surface area contributed by atoms with Crippen LogP contribution in [0.5, 0.6) is 0 Å². The average molecular weight is 240 g/mol. The molecule has 0 radical (unpaired) electrons. The molecule has 0 bridgehead atoms. The van der Waals surface area contributed by atoms with E-state index < -0.39 is 10.8 Å². The quantitative estimate of drug-likeness (QED) is 0.475. The van der Waals surface area contributed by atoms with Crippen LogP contribution in [-0.4, -0.2) is 27.2 Å². The summed E-state index contributed by atoms with van der Waals surface area (Å²) in [4.78, 5) is 22.1. The van der Waals surface area contributed by atoms with Gasteiger partial charge in [-0.1, -0.05) is 13.3 Å². The summed E-state index contributed by atoms with van der Waals surface area (Å²) >= 11 is 0. The summed E-state index contributed by atoms with van der Waals surface area (Å²) in [6.07, 6.45) is 1.79. The Morgan fingerprint density at radius 1 is 1.59 bits per heavy atom. The van der Waals surface area contributed by atoms with Gasteiger partial charge in [-0.3, -0.25) is 19.6 Å². The standard InChI is InChI=1S/C10H16N4O3/c1-4-5-6-11-10(15)9-8(14(16)17)7(2)12-13(9)3/h4-6H2,1-3H3,(H,11,15). The van der Waals surface area contributed by atoms with Gasteiger partial charge in [0.05, 0.1) is 4.92 Å². The molecule has 0 atom stereocenters. The first-order chi connectivity index (χ1) is 7.99. The third-order valence-corrected chi connectivity index (χ3v) is 2.40. The van der Waals surface area contributed by atoms with E-state index in [9.17, 15) is 14.9 Å². The SMILES string of the molecule is CCCCNC(=O)c1c([N+](=O)[O-])c(C)nn1C. The molecule has 1 aromatic rings. The molecule has 7 heteroatoms. The summed E-state index contributed by atoms with van der Waals surface area (Å²) in [5.74, 6) is -0.451. The molecule has 17 heavy (non-hydrogen) atoms. The van der Waals surface area contributed by atoms with Crippen LogP contribution in [0.2, 0.25) is 0 Å². The number of carbonyl (C=O) groups excluding carboxylic acids is 1. The zero-order valence-corrected chi connectivity index (χ0v) is 10.2. The van der Waals surface area contributed by atoms with Crippen molar-refractivity contribution in [2.45, 2.75) is 26.7 Å². The van der Waals surface area contributed by atoms with Gasteiger partial charge in [0.15, 0.2) is 0 Å². The lowest BCUT2D eigenvalue weighted by Gasteiger charge is -2.03. The molecular weight excluding hydrogens is 224 g/mol. The van der Waals surface area contributed by atoms with E-state index in [-0.39, 0.29) is 17.1 Å². The molecule has 0 saturated heterocycles. The van der Waals surface area contributed by atoms with Gasteiger partial charge in [-0.2, -0.15) is 5.10 Å². The maximum Gasteiger partial charge on any atom is 0.322 e. The molecule has 0 spiro atoms. The fourth-order valence-corrected chi connectivity index (χ4v) is 1.58. The number of carbonyl (C=O) groups is 1. The number of aromatic nitrogens is 2. The Balaban J connectivity index is 2.96. The van der Waals surface area contributed by atoms with E-state index in [4.69, 9.17) is 0 Å². The van der Waals surface area contributed by atoms with E-state index in [1.54, 1.807) is 0 Å². The van der Waals surface area contributed by atoms with Crippen molar-refractivity contribution in [2.24, 2.45) is 7.05 Å². The minimum atomic E-state index is -0.572. The lowest BCUT2D eigenvalue weighted by Crippen LogP contribution is -2.27. The van der Waals surface area contributed by atoms with Crippen LogP contribution in [0.3, 0.4) is 0 Å². The fourth-order valence-electron chi connectivity index (χ4n) is 1.58. The molecule has 0 fully saturated rings. The molecule has 1 aromatic heterocycles. The fraction of sp³-hybridized carbons (Fsp3) is 0.600. The van der Waals surface area contributed by atoms with Crippen LogP contribution in [0.1, 0.15) is 35.9 Å². The zero-order valence-electron chi connectivity index (χ0n) is 10.2. The first-order valence-electron chi connectivity index (χ1n) is 5.45. The monoisotopic (exact) mass is 240 g/mol. The summed E-state index contributed by atoms with van der Waals surface area (Å²) in [7, 11) is 1.52. The number of nitrogens with zero attached hydrogens (tertiary/aromatic N) is 3. The van der Waals surface area contributed by atoms with Gasteiger partial charge in [0.1, 0.15) is 5.69 Å². The summed E-state index contributed by atoms with van der Waals surface area (Å²) in [5, 5.41) is 17.4. The number of hydrogen-bond donors (Lipinski definition) is 1. The predicted molar refractivity (Wildman–Crippen MR) is 61.8 cm³/mol. The number of amides is 1. The van der Waals surface area contributed by atoms with Crippen molar-refractivity contribution < 1.29 is 9.72 Å². The summed E-state index contributed by atoms with van der Waals surface area (Å²) < 4.78 is 1.24. The minimum Gasteiger partial charge on any atom is -0.350 e. The van der Waals surface area contributed by atoms with Crippen molar-refractivity contribution in [3.63, 3.8) is 0 Å². The van der Waals surface area contributed by atoms with Gasteiger partial charge in [0, 0.05) is 13.6 Å². The summed E-state index contributed by atoms with van der Waals surface area (Å²) in [6.45, 7) is 4.03. The van der Waals surface area contributed by atoms with Crippen molar-refractivity contribution in [3.8, 4) is 0 Å². The van der Waals surface area contributed by atoms with Gasteiger partial charge in [-0.05, 0) is 13.3 Å². The number of unbranched alkanes of at least 4 members (excludes halogenated alkanes) is 1. The maximum absolute atomic E-state index is 11.8. The molecule has 1 amide bonds. The summed E-state index contributed by atoms with van der Waals surface area (Å²) in [6, 6.07) is 0. The summed E-state index contributed by atoms with van der Waals surface area (Å²) in [5.41, 5.74) is 0.0308. The van der Waals surface area contributed by atoms with Gasteiger partial charge >= 0.3 is 5.69 Å². The first-order valence-corrected chi connectivity index (χ1v) is 5.45. The van der Waals surface area contributed by atoms with Gasteiger partial charge in [0.2, 0.25) is 5.69 Å². The van der Waals surface area contributed by atoms with E-state index in [2.05, 4.69) is 10.4 Å². The topological polar surface area (TPSA) is 90.1 Å². The zero-order chi connectivity index (χ0) is 13.0. The van der Waals surface area contributed by atoms with Crippen LogP contribution in [0.25, 0.3) is 0 Å². The first kappa shape index (κ1) is 13.1. The molecule has 1 heterocycles. The van der Waals surface area contributed by atoms with Crippen molar-refractivity contribution in [3.05, 3.63) is 21.5 Å². The Kier molecular flexibility index (Phi) is 4.19. The van der Waals surface area contributed by atoms with Crippen LogP contribution < -0.4 is 5.32 Å². The van der Waals surface area contributed by atoms with Gasteiger partial charge < -0.3 is 5.32 Å². The molecule has 0 aromatic carbocycles. The molecule has 7 nitrogen and oxygen atoms in total. The highest BCUT2D eigenvalue weighted by Crippen LogP contribution is 2.21. The third kappa shape index (κ3) is 2.80. The largest absolute Gasteiger partial charge is 0.350 e. The normalized spacial score (nSPS) is 10.3. The molecule has 1 N–H and O–H groups in total. The van der Waals surface area contributed by atoms with E-state index in [0.29, 0.717) is 6.54 Å². The van der Waals surface area contributed by atoms with Crippen LogP contribution >= 0.6 is 0 Å². The van der Waals surface area contributed by atoms with Crippen LogP contribution in [0.15, 0.2) is 0 Å². The van der Waals surface area contributed by atoms with Crippen molar-refractivity contribution >= 4 is 11.6 Å². The van der Waals surface area contributed by atoms with Crippen LogP contribution in [0, 0.1) is 17.0 Å². The molecule has 0 aliphatic heterocycles. The second-order valence-electron chi connectivity index (χ2n) is 3.77. The van der Waals surface area contributed by atoms with Gasteiger partial charge in [-0.25, -0.2) is 0 Å². The Morgan fingerprint density at radius 3 is 2.76 bits per heavy atom. The second-order valence-corrected chi connectivity index (χ2v) is 3.77. The highest BCUT2D eigenvalue weighted by atomic mass is 16.6. The Hall–Kier alpha value is -1.92. The lowest BCUT2D eigenvalue weighted by atomic mass is 10.2. The molecular formula is C10H16N4O3. The number of nitro groups is 1. The third-order valence-electron chi connectivity index (χ3n) is 2.40. The number of hydrogen-bond acceptors (Lipinski definition) is 4. The number of nitrogens with one attached hydrogen (secondary N) is 1. The van der Waals surface area contributed by atoms with Crippen molar-refractivity contribution in [2.75, 3.05) is 6.54 Å². The second kappa shape index (κ2) is 5.42. The number of rotatable bonds is 5. The van der Waals surface area contributed by atoms with E-state index in [0.717, 1.165) is 12.8 Å². The van der Waals surface area contributed by atoms with E-state index in [1.807, 2.05) is 6.92 Å².